The van der Waals surface area contributed by atoms with Gasteiger partial charge in [0.2, 0.25) is 0 Å². The Kier molecular flexibility index (Phi) is 15.3. The summed E-state index contributed by atoms with van der Waals surface area (Å²) in [6, 6.07) is 12.7. The molecule has 0 aromatic heterocycles. The highest BCUT2D eigenvalue weighted by Gasteiger charge is 2.65. The topological polar surface area (TPSA) is 97.4 Å². The summed E-state index contributed by atoms with van der Waals surface area (Å²) >= 11 is 0. The molecule has 0 aliphatic carbocycles. The predicted molar refractivity (Wildman–Crippen MR) is 166 cm³/mol. The number of carbonyl (C=O) groups excluding carboxylic acids is 3. The third-order valence-electron chi connectivity index (χ3n) is 7.30. The van der Waals surface area contributed by atoms with Crippen LogP contribution in [0.4, 0.5) is 26.3 Å². The van der Waals surface area contributed by atoms with E-state index in [-0.39, 0.29) is 12.8 Å². The minimum absolute atomic E-state index is 0.0930. The predicted octanol–water partition coefficient (Wildman–Crippen LogP) is 7.44. The van der Waals surface area contributed by atoms with Crippen molar-refractivity contribution >= 4 is 17.9 Å². The van der Waals surface area contributed by atoms with Gasteiger partial charge in [0.1, 0.15) is 6.10 Å². The van der Waals surface area contributed by atoms with Crippen LogP contribution in [0.3, 0.4) is 0 Å². The highest BCUT2D eigenvalue weighted by atomic mass is 19.4. The lowest BCUT2D eigenvalue weighted by Gasteiger charge is -2.33. The maximum absolute atomic E-state index is 14.3. The Morgan fingerprint density at radius 2 is 1.20 bits per heavy atom. The number of alkyl halides is 6. The number of allylic oxidation sites excluding steroid dienone is 3. The standard InChI is InChI=1S/C35H38F6O8/c1-25(48-30(43)32(46-3,34(36,37)38)26-18-10-7-11-19-26)17-9-5-6-14-22-28(23-15-16-24-29(42)45-2)49-31(44)33(47-4,35(39,40)41)27-20-12-8-13-21-27/h6-8,10-16,18-21,23-25,28H,5,9,17,22H2,1-4H3. The van der Waals surface area contributed by atoms with Gasteiger partial charge in [0.25, 0.3) is 11.2 Å². The molecule has 8 nitrogen and oxygen atoms in total. The second-order valence-corrected chi connectivity index (χ2v) is 10.6. The average molecular weight is 701 g/mol. The van der Waals surface area contributed by atoms with E-state index in [2.05, 4.69) is 4.74 Å². The summed E-state index contributed by atoms with van der Waals surface area (Å²) in [4.78, 5) is 37.3. The Morgan fingerprint density at radius 3 is 1.65 bits per heavy atom. The molecule has 4 unspecified atom stereocenters. The first-order chi connectivity index (χ1) is 23.1. The van der Waals surface area contributed by atoms with E-state index in [1.54, 1.807) is 6.08 Å². The zero-order chi connectivity index (χ0) is 36.7. The van der Waals surface area contributed by atoms with Crippen LogP contribution in [0.2, 0.25) is 0 Å². The van der Waals surface area contributed by atoms with Crippen molar-refractivity contribution in [3.63, 3.8) is 0 Å². The van der Waals surface area contributed by atoms with Crippen molar-refractivity contribution in [2.24, 2.45) is 0 Å². The first-order valence-corrected chi connectivity index (χ1v) is 15.0. The highest BCUT2D eigenvalue weighted by molar-refractivity contribution is 5.84. The van der Waals surface area contributed by atoms with Gasteiger partial charge in [-0.1, -0.05) is 85.0 Å². The summed E-state index contributed by atoms with van der Waals surface area (Å²) in [5, 5.41) is 0. The lowest BCUT2D eigenvalue weighted by Crippen LogP contribution is -2.52. The summed E-state index contributed by atoms with van der Waals surface area (Å²) in [5.74, 6) is -4.02. The smallest absolute Gasteiger partial charge is 0.432 e. The van der Waals surface area contributed by atoms with E-state index < -0.39 is 64.8 Å². The number of esters is 3. The molecule has 0 N–H and O–H groups in total. The summed E-state index contributed by atoms with van der Waals surface area (Å²) in [5.41, 5.74) is -7.67. The van der Waals surface area contributed by atoms with Gasteiger partial charge in [-0.25, -0.2) is 14.4 Å². The lowest BCUT2D eigenvalue weighted by atomic mass is 9.92. The van der Waals surface area contributed by atoms with E-state index >= 15 is 0 Å². The number of benzene rings is 2. The minimum atomic E-state index is -5.20. The third-order valence-corrected chi connectivity index (χ3v) is 7.30. The molecule has 2 aromatic carbocycles. The molecule has 4 atom stereocenters. The van der Waals surface area contributed by atoms with Gasteiger partial charge < -0.3 is 23.7 Å². The van der Waals surface area contributed by atoms with Gasteiger partial charge in [-0.3, -0.25) is 0 Å². The summed E-state index contributed by atoms with van der Waals surface area (Å²) < 4.78 is 110. The number of carbonyl (C=O) groups is 3. The Hall–Kier alpha value is -4.43. The van der Waals surface area contributed by atoms with E-state index in [9.17, 15) is 40.7 Å². The molecule has 14 heteroatoms. The molecular weight excluding hydrogens is 662 g/mol. The van der Waals surface area contributed by atoms with Crippen LogP contribution in [-0.2, 0) is 49.3 Å². The monoisotopic (exact) mass is 700 g/mol. The molecule has 0 aliphatic rings. The van der Waals surface area contributed by atoms with Crippen molar-refractivity contribution < 1.29 is 64.4 Å². The molecule has 0 saturated heterocycles. The Labute approximate surface area is 280 Å². The van der Waals surface area contributed by atoms with E-state index in [0.29, 0.717) is 12.8 Å². The van der Waals surface area contributed by atoms with Gasteiger partial charge in [-0.2, -0.15) is 26.3 Å². The van der Waals surface area contributed by atoms with E-state index in [1.165, 1.54) is 67.6 Å². The van der Waals surface area contributed by atoms with Gasteiger partial charge in [0.05, 0.1) is 13.2 Å². The van der Waals surface area contributed by atoms with Crippen molar-refractivity contribution in [1.82, 2.24) is 0 Å². The van der Waals surface area contributed by atoms with E-state index in [0.717, 1.165) is 51.7 Å². The molecule has 0 saturated carbocycles. The maximum atomic E-state index is 14.3. The molecule has 2 aromatic rings. The third kappa shape index (κ3) is 10.3. The van der Waals surface area contributed by atoms with E-state index in [1.807, 2.05) is 0 Å². The summed E-state index contributed by atoms with van der Waals surface area (Å²) in [6.45, 7) is 1.43. The molecule has 0 heterocycles. The minimum Gasteiger partial charge on any atom is -0.466 e. The van der Waals surface area contributed by atoms with Crippen molar-refractivity contribution in [2.45, 2.75) is 68.4 Å². The lowest BCUT2D eigenvalue weighted by molar-refractivity contribution is -0.278. The fourth-order valence-electron chi connectivity index (χ4n) is 4.75. The molecule has 268 valence electrons. The van der Waals surface area contributed by atoms with Gasteiger partial charge in [0, 0.05) is 37.8 Å². The van der Waals surface area contributed by atoms with Crippen LogP contribution in [0.25, 0.3) is 0 Å². The van der Waals surface area contributed by atoms with Crippen molar-refractivity contribution in [2.75, 3.05) is 21.3 Å². The summed E-state index contributed by atoms with van der Waals surface area (Å²) in [6.07, 6.45) is -3.73. The number of hydrogen-bond acceptors (Lipinski definition) is 8. The van der Waals surface area contributed by atoms with Gasteiger partial charge in [-0.05, 0) is 32.3 Å². The number of unbranched alkanes of at least 4 members (excludes halogenated alkanes) is 1. The largest absolute Gasteiger partial charge is 0.466 e. The highest BCUT2D eigenvalue weighted by Crippen LogP contribution is 2.44. The van der Waals surface area contributed by atoms with Crippen LogP contribution < -0.4 is 0 Å². The second kappa shape index (κ2) is 18.4. The fourth-order valence-corrected chi connectivity index (χ4v) is 4.75. The number of rotatable bonds is 17. The zero-order valence-corrected chi connectivity index (χ0v) is 27.3. The number of halogens is 6. The molecule has 0 fully saturated rings. The van der Waals surface area contributed by atoms with Crippen LogP contribution in [0.5, 0.6) is 0 Å². The van der Waals surface area contributed by atoms with Crippen LogP contribution in [0, 0.1) is 0 Å². The Morgan fingerprint density at radius 1 is 0.714 bits per heavy atom. The molecule has 49 heavy (non-hydrogen) atoms. The number of hydrogen-bond donors (Lipinski definition) is 0. The van der Waals surface area contributed by atoms with Gasteiger partial charge >= 0.3 is 30.3 Å². The summed E-state index contributed by atoms with van der Waals surface area (Å²) in [7, 11) is 2.66. The Bertz CT molecular complexity index is 1440. The van der Waals surface area contributed by atoms with Crippen molar-refractivity contribution in [3.05, 3.63) is 108 Å². The Balaban J connectivity index is 2.12. The molecule has 0 aliphatic heterocycles. The quantitative estimate of drug-likeness (QED) is 0.0320. The van der Waals surface area contributed by atoms with Crippen LogP contribution in [0.1, 0.15) is 43.7 Å². The van der Waals surface area contributed by atoms with Crippen molar-refractivity contribution in [1.29, 1.82) is 0 Å². The number of methoxy groups -OCH3 is 3. The molecular formula is C35H38F6O8. The fraction of sp³-hybridized carbons (Fsp3) is 0.400. The van der Waals surface area contributed by atoms with Crippen LogP contribution in [-0.4, -0.2) is 63.8 Å². The first-order valence-electron chi connectivity index (χ1n) is 15.0. The van der Waals surface area contributed by atoms with Crippen LogP contribution >= 0.6 is 0 Å². The average Bonchev–Trinajstić information content (AvgIpc) is 3.05. The molecule has 0 radical (unpaired) electrons. The molecule has 0 spiro atoms. The molecule has 2 rings (SSSR count). The van der Waals surface area contributed by atoms with Crippen LogP contribution in [0.15, 0.2) is 97.1 Å². The van der Waals surface area contributed by atoms with Gasteiger partial charge in [0.15, 0.2) is 0 Å². The second-order valence-electron chi connectivity index (χ2n) is 10.6. The maximum Gasteiger partial charge on any atom is 0.432 e. The SMILES string of the molecule is COC(=O)C=CC=CC(CC=CCCCC(C)OC(=O)C(OC)(c1ccccc1)C(F)(F)F)OC(=O)C(OC)(c1ccccc1)C(F)(F)F. The van der Waals surface area contributed by atoms with Gasteiger partial charge in [-0.15, -0.1) is 0 Å². The zero-order valence-electron chi connectivity index (χ0n) is 27.3. The first kappa shape index (κ1) is 40.7. The normalized spacial score (nSPS) is 16.2. The number of ether oxygens (including phenoxy) is 5. The van der Waals surface area contributed by atoms with E-state index in [4.69, 9.17) is 18.9 Å². The molecule has 0 bridgehead atoms. The van der Waals surface area contributed by atoms with Crippen molar-refractivity contribution in [3.8, 4) is 0 Å². The molecule has 0 amide bonds.